The minimum atomic E-state index is -3.68. The lowest BCUT2D eigenvalue weighted by atomic mass is 10.2. The first-order chi connectivity index (χ1) is 9.96. The molecule has 0 atom stereocenters. The number of hydrogen-bond donors (Lipinski definition) is 1. The number of aliphatic hydroxyl groups is 1. The second-order valence-electron chi connectivity index (χ2n) is 5.36. The molecular formula is C15H21NO4S. The highest BCUT2D eigenvalue weighted by Gasteiger charge is 2.32. The van der Waals surface area contributed by atoms with Gasteiger partial charge in [0, 0.05) is 18.2 Å². The number of Topliss-reactive ketones (excluding diaryl/α,β-unsaturated/α-hetero) is 1. The lowest BCUT2D eigenvalue weighted by molar-refractivity contribution is 0.101. The van der Waals surface area contributed by atoms with Gasteiger partial charge in [0.2, 0.25) is 10.0 Å². The number of rotatable bonds is 6. The summed E-state index contributed by atoms with van der Waals surface area (Å²) in [6.07, 6.45) is 3.67. The molecule has 5 nitrogen and oxygen atoms in total. The first-order valence-corrected chi connectivity index (χ1v) is 8.64. The van der Waals surface area contributed by atoms with Crippen molar-refractivity contribution in [1.29, 1.82) is 0 Å². The molecule has 0 saturated heterocycles. The van der Waals surface area contributed by atoms with Crippen LogP contribution in [0.15, 0.2) is 29.2 Å². The van der Waals surface area contributed by atoms with Gasteiger partial charge in [-0.3, -0.25) is 4.79 Å². The van der Waals surface area contributed by atoms with Crippen molar-refractivity contribution >= 4 is 15.8 Å². The lowest BCUT2D eigenvalue weighted by Crippen LogP contribution is -2.40. The van der Waals surface area contributed by atoms with Gasteiger partial charge in [-0.25, -0.2) is 8.42 Å². The van der Waals surface area contributed by atoms with Gasteiger partial charge in [-0.15, -0.1) is 0 Å². The average molecular weight is 311 g/mol. The van der Waals surface area contributed by atoms with Gasteiger partial charge in [-0.1, -0.05) is 25.0 Å². The maximum atomic E-state index is 12.8. The van der Waals surface area contributed by atoms with Gasteiger partial charge in [-0.2, -0.15) is 4.31 Å². The monoisotopic (exact) mass is 311 g/mol. The van der Waals surface area contributed by atoms with E-state index in [-0.39, 0.29) is 29.9 Å². The molecule has 1 aromatic carbocycles. The molecule has 1 saturated carbocycles. The van der Waals surface area contributed by atoms with E-state index in [2.05, 4.69) is 0 Å². The second-order valence-corrected chi connectivity index (χ2v) is 7.25. The summed E-state index contributed by atoms with van der Waals surface area (Å²) < 4.78 is 27.0. The second kappa shape index (κ2) is 6.68. The van der Waals surface area contributed by atoms with E-state index in [0.29, 0.717) is 5.56 Å². The molecule has 1 aliphatic carbocycles. The van der Waals surface area contributed by atoms with E-state index in [4.69, 9.17) is 0 Å². The zero-order valence-electron chi connectivity index (χ0n) is 12.2. The molecule has 0 aromatic heterocycles. The number of carbonyl (C=O) groups is 1. The molecule has 0 heterocycles. The van der Waals surface area contributed by atoms with E-state index in [1.807, 2.05) is 0 Å². The van der Waals surface area contributed by atoms with Crippen LogP contribution in [0.5, 0.6) is 0 Å². The standard InChI is InChI=1S/C15H21NO4S/c1-12(18)13-5-4-8-15(11-13)21(19,20)16(9-10-17)14-6-2-3-7-14/h4-5,8,11,14,17H,2-3,6-7,9-10H2,1H3. The van der Waals surface area contributed by atoms with Crippen molar-refractivity contribution in [2.45, 2.75) is 43.5 Å². The van der Waals surface area contributed by atoms with Crippen molar-refractivity contribution in [1.82, 2.24) is 4.31 Å². The Morgan fingerprint density at radius 2 is 2.00 bits per heavy atom. The summed E-state index contributed by atoms with van der Waals surface area (Å²) in [6, 6.07) is 6.05. The Bertz CT molecular complexity index is 606. The summed E-state index contributed by atoms with van der Waals surface area (Å²) in [4.78, 5) is 11.5. The molecule has 2 rings (SSSR count). The van der Waals surface area contributed by atoms with Crippen molar-refractivity contribution < 1.29 is 18.3 Å². The highest BCUT2D eigenvalue weighted by atomic mass is 32.2. The predicted octanol–water partition coefficient (Wildman–Crippen LogP) is 1.81. The SMILES string of the molecule is CC(=O)c1cccc(S(=O)(=O)N(CCO)C2CCCC2)c1. The van der Waals surface area contributed by atoms with Crippen molar-refractivity contribution in [2.24, 2.45) is 0 Å². The van der Waals surface area contributed by atoms with Gasteiger partial charge < -0.3 is 5.11 Å². The molecular weight excluding hydrogens is 290 g/mol. The van der Waals surface area contributed by atoms with Gasteiger partial charge in [0.15, 0.2) is 5.78 Å². The summed E-state index contributed by atoms with van der Waals surface area (Å²) in [7, 11) is -3.68. The first-order valence-electron chi connectivity index (χ1n) is 7.20. The fourth-order valence-corrected chi connectivity index (χ4v) is 4.52. The Hall–Kier alpha value is -1.24. The Kier molecular flexibility index (Phi) is 5.13. The molecule has 1 aliphatic rings. The highest BCUT2D eigenvalue weighted by molar-refractivity contribution is 7.89. The molecule has 0 spiro atoms. The first kappa shape index (κ1) is 16.1. The molecule has 1 N–H and O–H groups in total. The van der Waals surface area contributed by atoms with Crippen molar-refractivity contribution in [3.63, 3.8) is 0 Å². The molecule has 21 heavy (non-hydrogen) atoms. The summed E-state index contributed by atoms with van der Waals surface area (Å²) in [5, 5.41) is 9.19. The Balaban J connectivity index is 2.37. The van der Waals surface area contributed by atoms with Gasteiger partial charge in [0.25, 0.3) is 0 Å². The maximum absolute atomic E-state index is 12.8. The van der Waals surface area contributed by atoms with Crippen LogP contribution in [0.4, 0.5) is 0 Å². The van der Waals surface area contributed by atoms with Crippen LogP contribution in [-0.4, -0.2) is 42.8 Å². The van der Waals surface area contributed by atoms with Crippen LogP contribution in [-0.2, 0) is 10.0 Å². The largest absolute Gasteiger partial charge is 0.395 e. The molecule has 6 heteroatoms. The Morgan fingerprint density at radius 1 is 1.33 bits per heavy atom. The van der Waals surface area contributed by atoms with E-state index < -0.39 is 10.0 Å². The summed E-state index contributed by atoms with van der Waals surface area (Å²) in [5.74, 6) is -0.165. The van der Waals surface area contributed by atoms with Crippen LogP contribution in [0.2, 0.25) is 0 Å². The summed E-state index contributed by atoms with van der Waals surface area (Å²) >= 11 is 0. The van der Waals surface area contributed by atoms with Crippen molar-refractivity contribution in [3.05, 3.63) is 29.8 Å². The number of benzene rings is 1. The Morgan fingerprint density at radius 3 is 2.57 bits per heavy atom. The number of nitrogens with zero attached hydrogens (tertiary/aromatic N) is 1. The fourth-order valence-electron chi connectivity index (χ4n) is 2.80. The summed E-state index contributed by atoms with van der Waals surface area (Å²) in [5.41, 5.74) is 0.381. The van der Waals surface area contributed by atoms with Gasteiger partial charge in [0.05, 0.1) is 11.5 Å². The van der Waals surface area contributed by atoms with Crippen LogP contribution >= 0.6 is 0 Å². The zero-order valence-corrected chi connectivity index (χ0v) is 13.0. The number of carbonyl (C=O) groups excluding carboxylic acids is 1. The molecule has 0 radical (unpaired) electrons. The quantitative estimate of drug-likeness (QED) is 0.813. The third-order valence-electron chi connectivity index (χ3n) is 3.90. The molecule has 116 valence electrons. The van der Waals surface area contributed by atoms with Crippen LogP contribution in [0.1, 0.15) is 43.0 Å². The summed E-state index contributed by atoms with van der Waals surface area (Å²) in [6.45, 7) is 1.30. The highest BCUT2D eigenvalue weighted by Crippen LogP contribution is 2.28. The van der Waals surface area contributed by atoms with E-state index in [1.165, 1.54) is 23.4 Å². The predicted molar refractivity (Wildman–Crippen MR) is 79.7 cm³/mol. The van der Waals surface area contributed by atoms with Gasteiger partial charge in [0.1, 0.15) is 0 Å². The van der Waals surface area contributed by atoms with Crippen LogP contribution < -0.4 is 0 Å². The number of aliphatic hydroxyl groups excluding tert-OH is 1. The number of sulfonamides is 1. The van der Waals surface area contributed by atoms with E-state index in [9.17, 15) is 18.3 Å². The maximum Gasteiger partial charge on any atom is 0.243 e. The molecule has 1 fully saturated rings. The minimum absolute atomic E-state index is 0.0527. The van der Waals surface area contributed by atoms with Crippen LogP contribution in [0.3, 0.4) is 0 Å². The van der Waals surface area contributed by atoms with Crippen LogP contribution in [0, 0.1) is 0 Å². The van der Waals surface area contributed by atoms with E-state index >= 15 is 0 Å². The van der Waals surface area contributed by atoms with Gasteiger partial charge in [-0.05, 0) is 31.9 Å². The topological polar surface area (TPSA) is 74.7 Å². The van der Waals surface area contributed by atoms with E-state index in [0.717, 1.165) is 25.7 Å². The number of hydrogen-bond acceptors (Lipinski definition) is 4. The molecule has 0 unspecified atom stereocenters. The molecule has 0 bridgehead atoms. The van der Waals surface area contributed by atoms with Crippen molar-refractivity contribution in [3.8, 4) is 0 Å². The third-order valence-corrected chi connectivity index (χ3v) is 5.85. The molecule has 0 aliphatic heterocycles. The van der Waals surface area contributed by atoms with Crippen LogP contribution in [0.25, 0.3) is 0 Å². The lowest BCUT2D eigenvalue weighted by Gasteiger charge is -2.27. The average Bonchev–Trinajstić information content (AvgIpc) is 2.98. The Labute approximate surface area is 125 Å². The molecule has 1 aromatic rings. The third kappa shape index (κ3) is 3.51. The smallest absolute Gasteiger partial charge is 0.243 e. The minimum Gasteiger partial charge on any atom is -0.395 e. The van der Waals surface area contributed by atoms with Gasteiger partial charge >= 0.3 is 0 Å². The van der Waals surface area contributed by atoms with Crippen molar-refractivity contribution in [2.75, 3.05) is 13.2 Å². The fraction of sp³-hybridized carbons (Fsp3) is 0.533. The molecule has 0 amide bonds. The van der Waals surface area contributed by atoms with E-state index in [1.54, 1.807) is 12.1 Å². The number of ketones is 1. The normalized spacial score (nSPS) is 16.5. The zero-order chi connectivity index (χ0) is 15.5.